The Labute approximate surface area is 163 Å². The summed E-state index contributed by atoms with van der Waals surface area (Å²) >= 11 is 6.00. The molecule has 2 aromatic rings. The van der Waals surface area contributed by atoms with Gasteiger partial charge >= 0.3 is 5.97 Å². The summed E-state index contributed by atoms with van der Waals surface area (Å²) in [5.74, 6) is -1.71. The summed E-state index contributed by atoms with van der Waals surface area (Å²) in [5.41, 5.74) is 0.0566. The van der Waals surface area contributed by atoms with Crippen molar-refractivity contribution in [1.29, 1.82) is 5.26 Å². The highest BCUT2D eigenvalue weighted by molar-refractivity contribution is 6.30. The molecule has 0 heterocycles. The van der Waals surface area contributed by atoms with Crippen molar-refractivity contribution in [2.75, 3.05) is 6.61 Å². The molecule has 4 nitrogen and oxygen atoms in total. The van der Waals surface area contributed by atoms with Crippen LogP contribution in [0.3, 0.4) is 0 Å². The van der Waals surface area contributed by atoms with Crippen LogP contribution >= 0.6 is 11.6 Å². The van der Waals surface area contributed by atoms with Crippen LogP contribution in [0.2, 0.25) is 5.02 Å². The topological polar surface area (TPSA) is 67.2 Å². The lowest BCUT2D eigenvalue weighted by molar-refractivity contribution is -0.156. The van der Waals surface area contributed by atoms with Gasteiger partial charge in [-0.15, -0.1) is 0 Å². The standard InChI is InChI=1S/C22H20ClNO3/c1-2-27-21(26)22(14-24)19(15-6-4-3-5-7-15)12-18(25)13-20(22)16-8-10-17(23)11-9-16/h3-11,19-20H,2,12-13H2,1H3/t19-,20-,22-/m0/s1. The molecule has 0 saturated heterocycles. The van der Waals surface area contributed by atoms with Crippen molar-refractivity contribution in [2.45, 2.75) is 31.6 Å². The third-order valence-electron chi connectivity index (χ3n) is 5.24. The number of nitrogens with zero attached hydrogens (tertiary/aromatic N) is 1. The molecular formula is C22H20ClNO3. The molecule has 1 aliphatic carbocycles. The Morgan fingerprint density at radius 2 is 1.67 bits per heavy atom. The molecule has 0 N–H and O–H groups in total. The van der Waals surface area contributed by atoms with E-state index in [0.29, 0.717) is 5.02 Å². The molecule has 0 unspecified atom stereocenters. The first-order valence-electron chi connectivity index (χ1n) is 8.93. The molecule has 1 saturated carbocycles. The van der Waals surface area contributed by atoms with E-state index >= 15 is 0 Å². The second-order valence-corrected chi connectivity index (χ2v) is 7.15. The van der Waals surface area contributed by atoms with Gasteiger partial charge in [0.05, 0.1) is 12.7 Å². The number of rotatable bonds is 4. The van der Waals surface area contributed by atoms with Crippen molar-refractivity contribution < 1.29 is 14.3 Å². The summed E-state index contributed by atoms with van der Waals surface area (Å²) in [6.07, 6.45) is 0.262. The van der Waals surface area contributed by atoms with Gasteiger partial charge in [-0.1, -0.05) is 54.1 Å². The molecule has 0 aromatic heterocycles. The van der Waals surface area contributed by atoms with Crippen molar-refractivity contribution in [3.05, 3.63) is 70.7 Å². The van der Waals surface area contributed by atoms with E-state index in [9.17, 15) is 14.9 Å². The zero-order valence-corrected chi connectivity index (χ0v) is 15.8. The Morgan fingerprint density at radius 3 is 2.19 bits per heavy atom. The van der Waals surface area contributed by atoms with E-state index in [4.69, 9.17) is 16.3 Å². The highest BCUT2D eigenvalue weighted by Gasteiger charge is 2.58. The van der Waals surface area contributed by atoms with E-state index in [-0.39, 0.29) is 25.2 Å². The van der Waals surface area contributed by atoms with E-state index in [1.54, 1.807) is 31.2 Å². The van der Waals surface area contributed by atoms with Gasteiger partial charge in [-0.3, -0.25) is 9.59 Å². The molecule has 1 aliphatic rings. The molecule has 3 rings (SSSR count). The quantitative estimate of drug-likeness (QED) is 0.723. The van der Waals surface area contributed by atoms with Gasteiger partial charge in [-0.2, -0.15) is 5.26 Å². The van der Waals surface area contributed by atoms with Crippen molar-refractivity contribution in [1.82, 2.24) is 0 Å². The SMILES string of the molecule is CCOC(=O)[C@@]1(C#N)[C@H](c2ccccc2)CC(=O)C[C@H]1c1ccc(Cl)cc1. The summed E-state index contributed by atoms with van der Waals surface area (Å²) in [5, 5.41) is 10.8. The van der Waals surface area contributed by atoms with Crippen LogP contribution in [0, 0.1) is 16.7 Å². The molecule has 1 fully saturated rings. The van der Waals surface area contributed by atoms with Crippen LogP contribution in [0.1, 0.15) is 42.7 Å². The van der Waals surface area contributed by atoms with Gasteiger partial charge in [0.15, 0.2) is 5.41 Å². The monoisotopic (exact) mass is 381 g/mol. The lowest BCUT2D eigenvalue weighted by Crippen LogP contribution is -2.47. The summed E-state index contributed by atoms with van der Waals surface area (Å²) in [7, 11) is 0. The molecule has 0 spiro atoms. The molecule has 0 amide bonds. The number of hydrogen-bond donors (Lipinski definition) is 0. The van der Waals surface area contributed by atoms with Crippen molar-refractivity contribution >= 4 is 23.4 Å². The maximum Gasteiger partial charge on any atom is 0.327 e. The number of nitriles is 1. The molecule has 0 aliphatic heterocycles. The van der Waals surface area contributed by atoms with E-state index < -0.39 is 23.2 Å². The maximum absolute atomic E-state index is 13.1. The van der Waals surface area contributed by atoms with Gasteiger partial charge < -0.3 is 4.74 Å². The Balaban J connectivity index is 2.20. The highest BCUT2D eigenvalue weighted by Crippen LogP contribution is 2.54. The zero-order valence-electron chi connectivity index (χ0n) is 15.0. The number of esters is 1. The van der Waals surface area contributed by atoms with Gasteiger partial charge in [0.25, 0.3) is 0 Å². The number of ether oxygens (including phenoxy) is 1. The minimum absolute atomic E-state index is 0.0268. The Kier molecular flexibility index (Phi) is 5.62. The molecule has 0 radical (unpaired) electrons. The van der Waals surface area contributed by atoms with Gasteiger partial charge in [0.1, 0.15) is 5.78 Å². The Bertz CT molecular complexity index is 873. The van der Waals surface area contributed by atoms with Crippen molar-refractivity contribution in [3.8, 4) is 6.07 Å². The van der Waals surface area contributed by atoms with Crippen LogP contribution in [-0.2, 0) is 14.3 Å². The van der Waals surface area contributed by atoms with Gasteiger partial charge in [0.2, 0.25) is 0 Å². The lowest BCUT2D eigenvalue weighted by atomic mass is 9.56. The zero-order chi connectivity index (χ0) is 19.4. The average Bonchev–Trinajstić information content (AvgIpc) is 2.69. The molecule has 27 heavy (non-hydrogen) atoms. The minimum Gasteiger partial charge on any atom is -0.465 e. The fraction of sp³-hybridized carbons (Fsp3) is 0.318. The average molecular weight is 382 g/mol. The van der Waals surface area contributed by atoms with Gasteiger partial charge in [-0.05, 0) is 30.2 Å². The van der Waals surface area contributed by atoms with Crippen LogP contribution in [0.15, 0.2) is 54.6 Å². The Morgan fingerprint density at radius 1 is 1.11 bits per heavy atom. The third kappa shape index (κ3) is 3.48. The predicted octanol–water partition coefficient (Wildman–Crippen LogP) is 4.64. The summed E-state index contributed by atoms with van der Waals surface area (Å²) in [6.45, 7) is 1.89. The molecule has 138 valence electrons. The molecule has 2 aromatic carbocycles. The van der Waals surface area contributed by atoms with E-state index in [2.05, 4.69) is 6.07 Å². The van der Waals surface area contributed by atoms with Crippen LogP contribution in [0.4, 0.5) is 0 Å². The van der Waals surface area contributed by atoms with Gasteiger partial charge in [-0.25, -0.2) is 0 Å². The molecule has 0 bridgehead atoms. The second-order valence-electron chi connectivity index (χ2n) is 6.72. The molecule has 3 atom stereocenters. The number of ketones is 1. The third-order valence-corrected chi connectivity index (χ3v) is 5.49. The predicted molar refractivity (Wildman–Crippen MR) is 102 cm³/mol. The number of carbonyl (C=O) groups is 2. The fourth-order valence-corrected chi connectivity index (χ4v) is 4.11. The largest absolute Gasteiger partial charge is 0.465 e. The summed E-state index contributed by atoms with van der Waals surface area (Å²) in [4.78, 5) is 25.7. The Hall–Kier alpha value is -2.64. The summed E-state index contributed by atoms with van der Waals surface area (Å²) in [6, 6.07) is 18.5. The number of halogens is 1. The fourth-order valence-electron chi connectivity index (χ4n) is 3.98. The van der Waals surface area contributed by atoms with E-state index in [0.717, 1.165) is 11.1 Å². The highest BCUT2D eigenvalue weighted by atomic mass is 35.5. The first-order valence-corrected chi connectivity index (χ1v) is 9.31. The number of hydrogen-bond acceptors (Lipinski definition) is 4. The first kappa shape index (κ1) is 19.1. The first-order chi connectivity index (χ1) is 13.0. The number of carbonyl (C=O) groups excluding carboxylic acids is 2. The van der Waals surface area contributed by atoms with Crippen molar-refractivity contribution in [3.63, 3.8) is 0 Å². The smallest absolute Gasteiger partial charge is 0.327 e. The second kappa shape index (κ2) is 7.94. The lowest BCUT2D eigenvalue weighted by Gasteiger charge is -2.42. The van der Waals surface area contributed by atoms with E-state index in [1.165, 1.54) is 0 Å². The summed E-state index contributed by atoms with van der Waals surface area (Å²) < 4.78 is 5.34. The van der Waals surface area contributed by atoms with Crippen LogP contribution < -0.4 is 0 Å². The normalized spacial score (nSPS) is 24.9. The molecular weight excluding hydrogens is 362 g/mol. The van der Waals surface area contributed by atoms with Crippen LogP contribution in [0.5, 0.6) is 0 Å². The van der Waals surface area contributed by atoms with Gasteiger partial charge in [0, 0.05) is 29.7 Å². The van der Waals surface area contributed by atoms with Crippen molar-refractivity contribution in [2.24, 2.45) is 5.41 Å². The maximum atomic E-state index is 13.1. The van der Waals surface area contributed by atoms with Crippen LogP contribution in [-0.4, -0.2) is 18.4 Å². The molecule has 5 heteroatoms. The number of benzene rings is 2. The minimum atomic E-state index is -1.47. The van der Waals surface area contributed by atoms with E-state index in [1.807, 2.05) is 30.3 Å². The van der Waals surface area contributed by atoms with Crippen LogP contribution in [0.25, 0.3) is 0 Å². The number of Topliss-reactive ketones (excluding diaryl/α,β-unsaturated/α-hetero) is 1.